The summed E-state index contributed by atoms with van der Waals surface area (Å²) < 4.78 is 31.1. The maximum Gasteiger partial charge on any atom is 0.349 e. The van der Waals surface area contributed by atoms with Crippen molar-refractivity contribution in [2.75, 3.05) is 0 Å². The van der Waals surface area contributed by atoms with Crippen molar-refractivity contribution in [1.82, 2.24) is 0 Å². The van der Waals surface area contributed by atoms with Crippen molar-refractivity contribution in [2.45, 2.75) is 30.5 Å². The number of phenols is 1. The second-order valence-electron chi connectivity index (χ2n) is 6.05. The van der Waals surface area contributed by atoms with Crippen molar-refractivity contribution >= 4 is 27.4 Å². The van der Waals surface area contributed by atoms with Crippen LogP contribution in [0, 0.1) is 0 Å². The molecule has 0 amide bonds. The second-order valence-corrected chi connectivity index (χ2v) is 8.78. The first-order valence-electron chi connectivity index (χ1n) is 7.72. The number of hydrogen-bond acceptors (Lipinski definition) is 5. The monoisotopic (exact) mass is 398 g/mol. The van der Waals surface area contributed by atoms with Crippen molar-refractivity contribution in [2.24, 2.45) is 0 Å². The standard InChI is InChI=1S/C18H19ClO6S/c1-12(26(23,24)11-13-5-3-4-6-16(13)19)18(2,17(21)22)25-15-9-7-14(20)8-10-15/h3-10,12,20H,11H2,1-2H3,(H,21,22). The van der Waals surface area contributed by atoms with Crippen molar-refractivity contribution < 1.29 is 28.2 Å². The summed E-state index contributed by atoms with van der Waals surface area (Å²) in [7, 11) is -3.91. The molecule has 0 aromatic heterocycles. The molecule has 0 aliphatic rings. The average molecular weight is 399 g/mol. The van der Waals surface area contributed by atoms with E-state index in [1.165, 1.54) is 38.1 Å². The van der Waals surface area contributed by atoms with Gasteiger partial charge < -0.3 is 14.9 Å². The van der Waals surface area contributed by atoms with Gasteiger partial charge in [-0.25, -0.2) is 13.2 Å². The van der Waals surface area contributed by atoms with Crippen molar-refractivity contribution in [3.63, 3.8) is 0 Å². The maximum absolute atomic E-state index is 12.8. The lowest BCUT2D eigenvalue weighted by molar-refractivity contribution is -0.153. The van der Waals surface area contributed by atoms with Gasteiger partial charge in [0, 0.05) is 5.02 Å². The van der Waals surface area contributed by atoms with E-state index in [9.17, 15) is 23.4 Å². The Morgan fingerprint density at radius 3 is 2.31 bits per heavy atom. The van der Waals surface area contributed by atoms with E-state index in [0.717, 1.165) is 0 Å². The highest BCUT2D eigenvalue weighted by molar-refractivity contribution is 7.91. The molecule has 140 valence electrons. The summed E-state index contributed by atoms with van der Waals surface area (Å²) in [5.41, 5.74) is -1.64. The summed E-state index contributed by atoms with van der Waals surface area (Å²) in [6, 6.07) is 11.8. The molecule has 0 bridgehead atoms. The SMILES string of the molecule is CC(C(C)(Oc1ccc(O)cc1)C(=O)O)S(=O)(=O)Cc1ccccc1Cl. The average Bonchev–Trinajstić information content (AvgIpc) is 2.58. The molecule has 0 aliphatic heterocycles. The number of benzene rings is 2. The van der Waals surface area contributed by atoms with E-state index in [-0.39, 0.29) is 11.5 Å². The first-order chi connectivity index (χ1) is 12.1. The predicted octanol–water partition coefficient (Wildman–Crippen LogP) is 3.27. The zero-order chi connectivity index (χ0) is 19.5. The Balaban J connectivity index is 2.34. The van der Waals surface area contributed by atoms with Gasteiger partial charge in [0.15, 0.2) is 9.84 Å². The number of ether oxygens (including phenoxy) is 1. The third-order valence-electron chi connectivity index (χ3n) is 4.22. The van der Waals surface area contributed by atoms with Crippen LogP contribution in [0.1, 0.15) is 19.4 Å². The minimum atomic E-state index is -3.91. The third kappa shape index (κ3) is 4.28. The smallest absolute Gasteiger partial charge is 0.349 e. The minimum Gasteiger partial charge on any atom is -0.508 e. The highest BCUT2D eigenvalue weighted by Gasteiger charge is 2.48. The number of rotatable bonds is 7. The zero-order valence-corrected chi connectivity index (χ0v) is 15.8. The summed E-state index contributed by atoms with van der Waals surface area (Å²) in [5, 5.41) is 17.9. The van der Waals surface area contributed by atoms with Crippen LogP contribution in [-0.2, 0) is 20.4 Å². The third-order valence-corrected chi connectivity index (χ3v) is 6.83. The Kier molecular flexibility index (Phi) is 5.83. The van der Waals surface area contributed by atoms with E-state index in [0.29, 0.717) is 10.6 Å². The van der Waals surface area contributed by atoms with E-state index in [2.05, 4.69) is 0 Å². The predicted molar refractivity (Wildman–Crippen MR) is 98.3 cm³/mol. The van der Waals surface area contributed by atoms with Gasteiger partial charge in [-0.1, -0.05) is 29.8 Å². The summed E-state index contributed by atoms with van der Waals surface area (Å²) in [6.45, 7) is 2.50. The second kappa shape index (κ2) is 7.55. The van der Waals surface area contributed by atoms with Gasteiger partial charge in [-0.2, -0.15) is 0 Å². The molecule has 0 radical (unpaired) electrons. The van der Waals surface area contributed by atoms with Crippen LogP contribution in [0.4, 0.5) is 0 Å². The molecule has 26 heavy (non-hydrogen) atoms. The van der Waals surface area contributed by atoms with Gasteiger partial charge in [0.2, 0.25) is 5.60 Å². The van der Waals surface area contributed by atoms with E-state index in [4.69, 9.17) is 16.3 Å². The Hall–Kier alpha value is -2.25. The first kappa shape index (κ1) is 20.1. The maximum atomic E-state index is 12.8. The molecule has 2 aromatic rings. The van der Waals surface area contributed by atoms with Crippen molar-refractivity contribution in [3.8, 4) is 11.5 Å². The van der Waals surface area contributed by atoms with Crippen molar-refractivity contribution in [3.05, 3.63) is 59.1 Å². The molecule has 0 fully saturated rings. The van der Waals surface area contributed by atoms with Crippen LogP contribution in [-0.4, -0.2) is 35.5 Å². The van der Waals surface area contributed by atoms with Gasteiger partial charge in [0.05, 0.1) is 5.75 Å². The molecule has 0 saturated carbocycles. The van der Waals surface area contributed by atoms with Crippen LogP contribution in [0.2, 0.25) is 5.02 Å². The highest BCUT2D eigenvalue weighted by Crippen LogP contribution is 2.30. The fraction of sp³-hybridized carbons (Fsp3) is 0.278. The molecular weight excluding hydrogens is 380 g/mol. The van der Waals surface area contributed by atoms with Crippen LogP contribution in [0.15, 0.2) is 48.5 Å². The fourth-order valence-corrected chi connectivity index (χ4v) is 4.41. The van der Waals surface area contributed by atoms with E-state index < -0.39 is 32.4 Å². The summed E-state index contributed by atoms with van der Waals surface area (Å²) in [6.07, 6.45) is 0. The van der Waals surface area contributed by atoms with E-state index >= 15 is 0 Å². The molecule has 0 aliphatic carbocycles. The molecule has 0 heterocycles. The van der Waals surface area contributed by atoms with Crippen LogP contribution in [0.5, 0.6) is 11.5 Å². The van der Waals surface area contributed by atoms with E-state index in [1.54, 1.807) is 24.3 Å². The van der Waals surface area contributed by atoms with Crippen LogP contribution in [0.25, 0.3) is 0 Å². The van der Waals surface area contributed by atoms with Gasteiger partial charge >= 0.3 is 5.97 Å². The van der Waals surface area contributed by atoms with E-state index in [1.807, 2.05) is 0 Å². The largest absolute Gasteiger partial charge is 0.508 e. The number of halogens is 1. The van der Waals surface area contributed by atoms with Crippen LogP contribution in [0.3, 0.4) is 0 Å². The number of carbonyl (C=O) groups is 1. The van der Waals surface area contributed by atoms with Gasteiger partial charge in [-0.3, -0.25) is 0 Å². The number of phenolic OH excluding ortho intramolecular Hbond substituents is 1. The number of sulfone groups is 1. The van der Waals surface area contributed by atoms with Gasteiger partial charge in [-0.15, -0.1) is 0 Å². The van der Waals surface area contributed by atoms with Gasteiger partial charge in [0.25, 0.3) is 0 Å². The molecule has 6 nitrogen and oxygen atoms in total. The molecule has 2 aromatic carbocycles. The highest BCUT2D eigenvalue weighted by atomic mass is 35.5. The minimum absolute atomic E-state index is 0.0197. The van der Waals surface area contributed by atoms with Crippen LogP contribution < -0.4 is 4.74 Å². The molecular formula is C18H19ClO6S. The quantitative estimate of drug-likeness (QED) is 0.742. The van der Waals surface area contributed by atoms with Crippen LogP contribution >= 0.6 is 11.6 Å². The number of carboxylic acids is 1. The molecule has 2 atom stereocenters. The Bertz CT molecular complexity index is 894. The number of aliphatic carboxylic acids is 1. The molecule has 8 heteroatoms. The number of hydrogen-bond donors (Lipinski definition) is 2. The molecule has 2 unspecified atom stereocenters. The molecule has 0 saturated heterocycles. The Labute approximate surface area is 156 Å². The fourth-order valence-electron chi connectivity index (χ4n) is 2.36. The Morgan fingerprint density at radius 1 is 1.19 bits per heavy atom. The van der Waals surface area contributed by atoms with Gasteiger partial charge in [0.1, 0.15) is 16.7 Å². The molecule has 2 rings (SSSR count). The number of carboxylic acid groups (broad SMARTS) is 1. The summed E-state index contributed by atoms with van der Waals surface area (Å²) in [5.74, 6) is -1.71. The normalized spacial score (nSPS) is 15.0. The van der Waals surface area contributed by atoms with Crippen molar-refractivity contribution in [1.29, 1.82) is 0 Å². The summed E-state index contributed by atoms with van der Waals surface area (Å²) >= 11 is 6.02. The Morgan fingerprint density at radius 2 is 1.77 bits per heavy atom. The summed E-state index contributed by atoms with van der Waals surface area (Å²) in [4.78, 5) is 11.8. The first-order valence-corrected chi connectivity index (χ1v) is 9.82. The lowest BCUT2D eigenvalue weighted by Gasteiger charge is -2.32. The lowest BCUT2D eigenvalue weighted by Crippen LogP contribution is -2.54. The number of aromatic hydroxyl groups is 1. The molecule has 2 N–H and O–H groups in total. The zero-order valence-electron chi connectivity index (χ0n) is 14.2. The molecule has 0 spiro atoms. The lowest BCUT2D eigenvalue weighted by atomic mass is 10.0. The topological polar surface area (TPSA) is 101 Å². The van der Waals surface area contributed by atoms with Gasteiger partial charge in [-0.05, 0) is 49.7 Å².